The molecule has 22 heavy (non-hydrogen) atoms. The molecule has 0 bridgehead atoms. The number of nitrogens with zero attached hydrogens (tertiary/aromatic N) is 3. The van der Waals surface area contributed by atoms with Crippen molar-refractivity contribution in [1.82, 2.24) is 14.8 Å². The molecule has 0 spiro atoms. The Kier molecular flexibility index (Phi) is 4.06. The monoisotopic (exact) mass is 297 g/mol. The molecule has 1 unspecified atom stereocenters. The molecule has 2 heterocycles. The van der Waals surface area contributed by atoms with Crippen LogP contribution in [0.1, 0.15) is 22.0 Å². The second-order valence-corrected chi connectivity index (χ2v) is 5.55. The van der Waals surface area contributed by atoms with E-state index >= 15 is 0 Å². The summed E-state index contributed by atoms with van der Waals surface area (Å²) in [5.74, 6) is -0.211. The summed E-state index contributed by atoms with van der Waals surface area (Å²) in [4.78, 5) is 20.5. The van der Waals surface area contributed by atoms with Crippen LogP contribution in [0.25, 0.3) is 0 Å². The van der Waals surface area contributed by atoms with E-state index in [2.05, 4.69) is 29.1 Å². The number of aromatic nitrogens is 1. The van der Waals surface area contributed by atoms with Crippen LogP contribution in [0.5, 0.6) is 5.75 Å². The molecule has 1 aliphatic rings. The number of hydrogen-bond acceptors (Lipinski definition) is 4. The summed E-state index contributed by atoms with van der Waals surface area (Å²) < 4.78 is 0. The Balaban J connectivity index is 1.81. The number of amides is 1. The first-order valence-electron chi connectivity index (χ1n) is 7.34. The Hall–Kier alpha value is -2.40. The molecule has 1 fully saturated rings. The predicted octanol–water partition coefficient (Wildman–Crippen LogP) is 1.92. The highest BCUT2D eigenvalue weighted by Crippen LogP contribution is 2.26. The standard InChI is InChI=1S/C17H19N3O2/c1-19-9-10-20(12-15(19)13-5-3-2-4-6-13)17(22)14-7-8-18-11-16(14)21/h2-8,11,15,21H,9-10,12H2,1H3. The molecular weight excluding hydrogens is 278 g/mol. The van der Waals surface area contributed by atoms with Crippen molar-refractivity contribution in [3.63, 3.8) is 0 Å². The highest BCUT2D eigenvalue weighted by atomic mass is 16.3. The summed E-state index contributed by atoms with van der Waals surface area (Å²) >= 11 is 0. The van der Waals surface area contributed by atoms with Gasteiger partial charge >= 0.3 is 0 Å². The maximum atomic E-state index is 12.6. The molecule has 5 heteroatoms. The van der Waals surface area contributed by atoms with Gasteiger partial charge in [-0.2, -0.15) is 0 Å². The number of likely N-dealkylation sites (N-methyl/N-ethyl adjacent to an activating group) is 1. The molecule has 1 atom stereocenters. The molecule has 0 aliphatic carbocycles. The maximum Gasteiger partial charge on any atom is 0.257 e. The zero-order valence-corrected chi connectivity index (χ0v) is 12.5. The lowest BCUT2D eigenvalue weighted by atomic mass is 10.0. The van der Waals surface area contributed by atoms with E-state index in [-0.39, 0.29) is 17.7 Å². The first-order chi connectivity index (χ1) is 10.7. The third-order valence-electron chi connectivity index (χ3n) is 4.15. The van der Waals surface area contributed by atoms with Crippen LogP contribution < -0.4 is 0 Å². The Morgan fingerprint density at radius 1 is 1.23 bits per heavy atom. The van der Waals surface area contributed by atoms with Crippen molar-refractivity contribution in [2.75, 3.05) is 26.7 Å². The minimum atomic E-state index is -0.145. The van der Waals surface area contributed by atoms with Crippen LogP contribution in [0.3, 0.4) is 0 Å². The van der Waals surface area contributed by atoms with Gasteiger partial charge in [-0.3, -0.25) is 14.7 Å². The smallest absolute Gasteiger partial charge is 0.257 e. The fourth-order valence-corrected chi connectivity index (χ4v) is 2.83. The predicted molar refractivity (Wildman–Crippen MR) is 83.6 cm³/mol. The van der Waals surface area contributed by atoms with Crippen molar-refractivity contribution >= 4 is 5.91 Å². The van der Waals surface area contributed by atoms with E-state index < -0.39 is 0 Å². The average Bonchev–Trinajstić information content (AvgIpc) is 2.56. The summed E-state index contributed by atoms with van der Waals surface area (Å²) in [6, 6.07) is 11.9. The van der Waals surface area contributed by atoms with Crippen molar-refractivity contribution < 1.29 is 9.90 Å². The maximum absolute atomic E-state index is 12.6. The van der Waals surface area contributed by atoms with E-state index in [0.29, 0.717) is 18.7 Å². The van der Waals surface area contributed by atoms with E-state index in [1.165, 1.54) is 18.0 Å². The SMILES string of the molecule is CN1CCN(C(=O)c2ccncc2O)CC1c1ccccc1. The molecule has 2 aromatic rings. The number of carbonyl (C=O) groups is 1. The number of hydrogen-bond donors (Lipinski definition) is 1. The second kappa shape index (κ2) is 6.15. The minimum absolute atomic E-state index is 0.0670. The molecule has 1 aromatic heterocycles. The van der Waals surface area contributed by atoms with Crippen LogP contribution in [-0.2, 0) is 0 Å². The topological polar surface area (TPSA) is 56.7 Å². The van der Waals surface area contributed by atoms with Gasteiger partial charge in [0.15, 0.2) is 0 Å². The lowest BCUT2D eigenvalue weighted by molar-refractivity contribution is 0.0543. The van der Waals surface area contributed by atoms with Crippen molar-refractivity contribution in [3.05, 3.63) is 59.9 Å². The van der Waals surface area contributed by atoms with Crippen LogP contribution in [0.2, 0.25) is 0 Å². The van der Waals surface area contributed by atoms with Gasteiger partial charge in [0.2, 0.25) is 0 Å². The molecule has 3 rings (SSSR count). The molecule has 0 saturated carbocycles. The summed E-state index contributed by atoms with van der Waals surface area (Å²) in [5, 5.41) is 9.83. The van der Waals surface area contributed by atoms with E-state index in [0.717, 1.165) is 6.54 Å². The van der Waals surface area contributed by atoms with Crippen molar-refractivity contribution in [1.29, 1.82) is 0 Å². The van der Waals surface area contributed by atoms with Crippen molar-refractivity contribution in [3.8, 4) is 5.75 Å². The van der Waals surface area contributed by atoms with Gasteiger partial charge in [-0.05, 0) is 18.7 Å². The van der Waals surface area contributed by atoms with E-state index in [9.17, 15) is 9.90 Å². The molecule has 114 valence electrons. The fraction of sp³-hybridized carbons (Fsp3) is 0.294. The van der Waals surface area contributed by atoms with Crippen LogP contribution in [-0.4, -0.2) is 52.5 Å². The Bertz CT molecular complexity index is 660. The van der Waals surface area contributed by atoms with Gasteiger partial charge in [-0.15, -0.1) is 0 Å². The van der Waals surface area contributed by atoms with Gasteiger partial charge < -0.3 is 10.0 Å². The van der Waals surface area contributed by atoms with Gasteiger partial charge in [0.1, 0.15) is 5.75 Å². The van der Waals surface area contributed by atoms with Gasteiger partial charge in [-0.1, -0.05) is 30.3 Å². The van der Waals surface area contributed by atoms with E-state index in [4.69, 9.17) is 0 Å². The minimum Gasteiger partial charge on any atom is -0.505 e. The zero-order valence-electron chi connectivity index (χ0n) is 12.5. The quantitative estimate of drug-likeness (QED) is 0.920. The van der Waals surface area contributed by atoms with Crippen LogP contribution in [0.15, 0.2) is 48.8 Å². The summed E-state index contributed by atoms with van der Waals surface area (Å²) in [5.41, 5.74) is 1.51. The normalized spacial score (nSPS) is 19.1. The number of benzene rings is 1. The lowest BCUT2D eigenvalue weighted by Gasteiger charge is -2.39. The fourth-order valence-electron chi connectivity index (χ4n) is 2.83. The zero-order chi connectivity index (χ0) is 15.5. The molecule has 0 radical (unpaired) electrons. The molecule has 5 nitrogen and oxygen atoms in total. The Morgan fingerprint density at radius 2 is 2.00 bits per heavy atom. The van der Waals surface area contributed by atoms with E-state index in [1.54, 1.807) is 11.0 Å². The molecule has 1 N–H and O–H groups in total. The highest BCUT2D eigenvalue weighted by Gasteiger charge is 2.29. The first kappa shape index (κ1) is 14.5. The summed E-state index contributed by atoms with van der Waals surface area (Å²) in [6.07, 6.45) is 2.83. The molecular formula is C17H19N3O2. The molecule has 1 aliphatic heterocycles. The summed E-state index contributed by atoms with van der Waals surface area (Å²) in [7, 11) is 2.07. The number of rotatable bonds is 2. The van der Waals surface area contributed by atoms with Crippen LogP contribution >= 0.6 is 0 Å². The second-order valence-electron chi connectivity index (χ2n) is 5.55. The van der Waals surface area contributed by atoms with Gasteiger partial charge in [0.05, 0.1) is 17.8 Å². The Labute approximate surface area is 129 Å². The highest BCUT2D eigenvalue weighted by molar-refractivity contribution is 5.96. The molecule has 1 saturated heterocycles. The van der Waals surface area contributed by atoms with Gasteiger partial charge in [-0.25, -0.2) is 0 Å². The van der Waals surface area contributed by atoms with E-state index in [1.807, 2.05) is 18.2 Å². The summed E-state index contributed by atoms with van der Waals surface area (Å²) in [6.45, 7) is 2.07. The number of carbonyl (C=O) groups excluding carboxylic acids is 1. The third kappa shape index (κ3) is 2.80. The Morgan fingerprint density at radius 3 is 2.73 bits per heavy atom. The van der Waals surface area contributed by atoms with Gasteiger partial charge in [0, 0.05) is 25.8 Å². The van der Waals surface area contributed by atoms with Crippen LogP contribution in [0.4, 0.5) is 0 Å². The molecule has 1 amide bonds. The average molecular weight is 297 g/mol. The number of aromatic hydroxyl groups is 1. The third-order valence-corrected chi connectivity index (χ3v) is 4.15. The van der Waals surface area contributed by atoms with Crippen molar-refractivity contribution in [2.45, 2.75) is 6.04 Å². The first-order valence-corrected chi connectivity index (χ1v) is 7.34. The number of pyridine rings is 1. The van der Waals surface area contributed by atoms with Gasteiger partial charge in [0.25, 0.3) is 5.91 Å². The largest absolute Gasteiger partial charge is 0.505 e. The lowest BCUT2D eigenvalue weighted by Crippen LogP contribution is -2.49. The molecule has 1 aromatic carbocycles. The van der Waals surface area contributed by atoms with Crippen LogP contribution in [0, 0.1) is 0 Å². The number of piperazine rings is 1. The van der Waals surface area contributed by atoms with Crippen molar-refractivity contribution in [2.24, 2.45) is 0 Å².